The molecule has 1 fully saturated rings. The van der Waals surface area contributed by atoms with Gasteiger partial charge in [0.2, 0.25) is 5.91 Å². The molecule has 2 aliphatic rings. The Labute approximate surface area is 116 Å². The van der Waals surface area contributed by atoms with Gasteiger partial charge in [-0.25, -0.2) is 0 Å². The van der Waals surface area contributed by atoms with Crippen molar-refractivity contribution in [2.24, 2.45) is 23.7 Å². The van der Waals surface area contributed by atoms with Gasteiger partial charge in [-0.3, -0.25) is 14.6 Å². The van der Waals surface area contributed by atoms with Gasteiger partial charge in [0, 0.05) is 6.20 Å². The van der Waals surface area contributed by atoms with Crippen LogP contribution < -0.4 is 5.32 Å². The molecule has 2 bridgehead atoms. The van der Waals surface area contributed by atoms with Crippen molar-refractivity contribution in [1.82, 2.24) is 4.98 Å². The third-order valence-corrected chi connectivity index (χ3v) is 4.31. The summed E-state index contributed by atoms with van der Waals surface area (Å²) in [6.45, 7) is 1.81. The smallest absolute Gasteiger partial charge is 0.307 e. The summed E-state index contributed by atoms with van der Waals surface area (Å²) in [6.07, 6.45) is 6.33. The molecule has 3 rings (SSSR count). The zero-order valence-corrected chi connectivity index (χ0v) is 11.1. The molecule has 1 saturated carbocycles. The zero-order valence-electron chi connectivity index (χ0n) is 11.1. The highest BCUT2D eigenvalue weighted by Gasteiger charge is 2.51. The maximum absolute atomic E-state index is 12.4. The SMILES string of the molecule is Cc1ncccc1NC(=O)[C@H]1C2C=CC(C2)[C@H]1C(=O)O. The summed E-state index contributed by atoms with van der Waals surface area (Å²) in [5, 5.41) is 12.2. The number of carboxylic acids is 1. The van der Waals surface area contributed by atoms with E-state index in [9.17, 15) is 14.7 Å². The molecular formula is C15H16N2O3. The van der Waals surface area contributed by atoms with Gasteiger partial charge in [0.1, 0.15) is 0 Å². The van der Waals surface area contributed by atoms with Crippen molar-refractivity contribution in [3.05, 3.63) is 36.2 Å². The number of hydrogen-bond donors (Lipinski definition) is 2. The molecule has 20 heavy (non-hydrogen) atoms. The van der Waals surface area contributed by atoms with Gasteiger partial charge in [0.25, 0.3) is 0 Å². The maximum Gasteiger partial charge on any atom is 0.307 e. The first kappa shape index (κ1) is 12.8. The Morgan fingerprint density at radius 1 is 1.30 bits per heavy atom. The number of amides is 1. The van der Waals surface area contributed by atoms with Crippen molar-refractivity contribution in [1.29, 1.82) is 0 Å². The number of aliphatic carboxylic acids is 1. The molecule has 0 spiro atoms. The topological polar surface area (TPSA) is 79.3 Å². The Hall–Kier alpha value is -2.17. The highest BCUT2D eigenvalue weighted by atomic mass is 16.4. The van der Waals surface area contributed by atoms with Crippen LogP contribution in [0.15, 0.2) is 30.5 Å². The van der Waals surface area contributed by atoms with Crippen molar-refractivity contribution in [2.75, 3.05) is 5.32 Å². The van der Waals surface area contributed by atoms with Crippen LogP contribution in [0.4, 0.5) is 5.69 Å². The second-order valence-corrected chi connectivity index (χ2v) is 5.46. The lowest BCUT2D eigenvalue weighted by atomic mass is 9.82. The highest BCUT2D eigenvalue weighted by Crippen LogP contribution is 2.48. The van der Waals surface area contributed by atoms with Crippen LogP contribution in [0.1, 0.15) is 12.1 Å². The molecule has 4 atom stereocenters. The number of carbonyl (C=O) groups is 2. The number of anilines is 1. The fourth-order valence-corrected chi connectivity index (χ4v) is 3.35. The van der Waals surface area contributed by atoms with Crippen molar-refractivity contribution in [2.45, 2.75) is 13.3 Å². The monoisotopic (exact) mass is 272 g/mol. The molecule has 1 aromatic heterocycles. The first-order valence-corrected chi connectivity index (χ1v) is 6.71. The number of carbonyl (C=O) groups excluding carboxylic acids is 1. The summed E-state index contributed by atoms with van der Waals surface area (Å²) in [4.78, 5) is 28.0. The van der Waals surface area contributed by atoms with Crippen LogP contribution in [0.3, 0.4) is 0 Å². The molecule has 1 amide bonds. The Kier molecular flexibility index (Phi) is 3.04. The van der Waals surface area contributed by atoms with Gasteiger partial charge in [-0.2, -0.15) is 0 Å². The minimum absolute atomic E-state index is 0.0109. The molecule has 0 saturated heterocycles. The lowest BCUT2D eigenvalue weighted by molar-refractivity contribution is -0.146. The van der Waals surface area contributed by atoms with Gasteiger partial charge in [-0.15, -0.1) is 0 Å². The molecule has 0 aromatic carbocycles. The Morgan fingerprint density at radius 3 is 2.65 bits per heavy atom. The normalized spacial score (nSPS) is 30.4. The van der Waals surface area contributed by atoms with Crippen LogP contribution in [-0.4, -0.2) is 22.0 Å². The number of carboxylic acid groups (broad SMARTS) is 1. The van der Waals surface area contributed by atoms with Crippen LogP contribution in [0.2, 0.25) is 0 Å². The molecule has 5 nitrogen and oxygen atoms in total. The number of aromatic nitrogens is 1. The minimum Gasteiger partial charge on any atom is -0.481 e. The number of nitrogens with one attached hydrogen (secondary N) is 1. The van der Waals surface area contributed by atoms with E-state index >= 15 is 0 Å². The van der Waals surface area contributed by atoms with E-state index in [1.54, 1.807) is 18.3 Å². The third kappa shape index (κ3) is 1.99. The average molecular weight is 272 g/mol. The van der Waals surface area contributed by atoms with Crippen molar-refractivity contribution >= 4 is 17.6 Å². The van der Waals surface area contributed by atoms with Gasteiger partial charge in [-0.1, -0.05) is 12.2 Å². The Bertz CT molecular complexity index is 597. The molecule has 1 heterocycles. The van der Waals surface area contributed by atoms with E-state index in [1.807, 2.05) is 19.1 Å². The van der Waals surface area contributed by atoms with Crippen LogP contribution in [0.5, 0.6) is 0 Å². The molecule has 5 heteroatoms. The van der Waals surface area contributed by atoms with E-state index in [0.29, 0.717) is 5.69 Å². The minimum atomic E-state index is -0.884. The number of hydrogen-bond acceptors (Lipinski definition) is 3. The summed E-state index contributed by atoms with van der Waals surface area (Å²) in [7, 11) is 0. The molecule has 0 aliphatic heterocycles. The summed E-state index contributed by atoms with van der Waals surface area (Å²) in [5.74, 6) is -2.17. The van der Waals surface area contributed by atoms with E-state index < -0.39 is 17.8 Å². The number of fused-ring (bicyclic) bond motifs is 2. The van der Waals surface area contributed by atoms with E-state index in [-0.39, 0.29) is 17.7 Å². The molecular weight excluding hydrogens is 256 g/mol. The Morgan fingerprint density at radius 2 is 2.00 bits per heavy atom. The summed E-state index contributed by atoms with van der Waals surface area (Å²) < 4.78 is 0. The maximum atomic E-state index is 12.4. The molecule has 2 aliphatic carbocycles. The molecule has 104 valence electrons. The molecule has 2 unspecified atom stereocenters. The molecule has 0 radical (unpaired) electrons. The van der Waals surface area contributed by atoms with Gasteiger partial charge >= 0.3 is 5.97 Å². The summed E-state index contributed by atoms with van der Waals surface area (Å²) >= 11 is 0. The first-order chi connectivity index (χ1) is 9.58. The van der Waals surface area contributed by atoms with E-state index in [4.69, 9.17) is 0 Å². The first-order valence-electron chi connectivity index (χ1n) is 6.71. The number of nitrogens with zero attached hydrogens (tertiary/aromatic N) is 1. The largest absolute Gasteiger partial charge is 0.481 e. The fourth-order valence-electron chi connectivity index (χ4n) is 3.35. The van der Waals surface area contributed by atoms with E-state index in [1.165, 1.54) is 0 Å². The van der Waals surface area contributed by atoms with E-state index in [0.717, 1.165) is 12.1 Å². The van der Waals surface area contributed by atoms with Crippen molar-refractivity contribution in [3.8, 4) is 0 Å². The van der Waals surface area contributed by atoms with Gasteiger partial charge < -0.3 is 10.4 Å². The number of aryl methyl sites for hydroxylation is 1. The predicted molar refractivity (Wildman–Crippen MR) is 73.0 cm³/mol. The van der Waals surface area contributed by atoms with Crippen molar-refractivity contribution < 1.29 is 14.7 Å². The second kappa shape index (κ2) is 4.74. The van der Waals surface area contributed by atoms with Gasteiger partial charge in [0.15, 0.2) is 0 Å². The quantitative estimate of drug-likeness (QED) is 0.823. The lowest BCUT2D eigenvalue weighted by Crippen LogP contribution is -2.36. The average Bonchev–Trinajstić information content (AvgIpc) is 3.01. The number of pyridine rings is 1. The van der Waals surface area contributed by atoms with Crippen LogP contribution >= 0.6 is 0 Å². The summed E-state index contributed by atoms with van der Waals surface area (Å²) in [6, 6.07) is 3.52. The van der Waals surface area contributed by atoms with Crippen LogP contribution in [-0.2, 0) is 9.59 Å². The highest BCUT2D eigenvalue weighted by molar-refractivity contribution is 5.96. The fraction of sp³-hybridized carbons (Fsp3) is 0.400. The number of allylic oxidation sites excluding steroid dienone is 2. The molecule has 2 N–H and O–H groups in total. The van der Waals surface area contributed by atoms with Crippen LogP contribution in [0.25, 0.3) is 0 Å². The molecule has 1 aromatic rings. The predicted octanol–water partition coefficient (Wildman–Crippen LogP) is 1.85. The standard InChI is InChI=1S/C15H16N2O3/c1-8-11(3-2-6-16-8)17-14(18)12-9-4-5-10(7-9)13(12)15(19)20/h2-6,9-10,12-13H,7H2,1H3,(H,17,18)(H,19,20)/t9?,10?,12-,13+/m0/s1. The second-order valence-electron chi connectivity index (χ2n) is 5.46. The third-order valence-electron chi connectivity index (χ3n) is 4.31. The number of rotatable bonds is 3. The Balaban J connectivity index is 1.82. The lowest BCUT2D eigenvalue weighted by Gasteiger charge is -2.24. The van der Waals surface area contributed by atoms with Crippen LogP contribution in [0, 0.1) is 30.6 Å². The zero-order chi connectivity index (χ0) is 14.3. The summed E-state index contributed by atoms with van der Waals surface area (Å²) in [5.41, 5.74) is 1.37. The van der Waals surface area contributed by atoms with Gasteiger partial charge in [0.05, 0.1) is 23.2 Å². The van der Waals surface area contributed by atoms with E-state index in [2.05, 4.69) is 10.3 Å². The van der Waals surface area contributed by atoms with Gasteiger partial charge in [-0.05, 0) is 37.3 Å². The van der Waals surface area contributed by atoms with Crippen molar-refractivity contribution in [3.63, 3.8) is 0 Å².